The van der Waals surface area contributed by atoms with Gasteiger partial charge < -0.3 is 9.64 Å². The Kier molecular flexibility index (Phi) is 7.09. The molecule has 0 spiro atoms. The third-order valence-corrected chi connectivity index (χ3v) is 3.82. The predicted molar refractivity (Wildman–Crippen MR) is 98.7 cm³/mol. The maximum absolute atomic E-state index is 13.2. The summed E-state index contributed by atoms with van der Waals surface area (Å²) in [5, 5.41) is 0. The number of likely N-dealkylation sites (N-methyl/N-ethyl adjacent to an activating group) is 1. The summed E-state index contributed by atoms with van der Waals surface area (Å²) in [5.74, 6) is -1.26. The van der Waals surface area contributed by atoms with E-state index in [-0.39, 0.29) is 24.9 Å². The van der Waals surface area contributed by atoms with E-state index in [0.29, 0.717) is 12.1 Å². The molecule has 0 aliphatic rings. The molecule has 0 saturated carbocycles. The minimum absolute atomic E-state index is 0.268. The second-order valence-electron chi connectivity index (χ2n) is 5.89. The lowest BCUT2D eigenvalue weighted by atomic mass is 10.1. The van der Waals surface area contributed by atoms with Crippen molar-refractivity contribution in [3.05, 3.63) is 77.1 Å². The summed E-state index contributed by atoms with van der Waals surface area (Å²) in [7, 11) is 0. The fourth-order valence-electron chi connectivity index (χ4n) is 2.35. The Labute approximate surface area is 152 Å². The van der Waals surface area contributed by atoms with Crippen LogP contribution in [0.2, 0.25) is 0 Å². The number of nitrogens with zero attached hydrogens (tertiary/aromatic N) is 1. The number of benzene rings is 2. The van der Waals surface area contributed by atoms with Crippen LogP contribution in [0.25, 0.3) is 6.08 Å². The predicted octanol–water partition coefficient (Wildman–Crippen LogP) is 3.74. The number of hydrogen-bond acceptors (Lipinski definition) is 3. The summed E-state index contributed by atoms with van der Waals surface area (Å²) in [6.07, 6.45) is 2.93. The van der Waals surface area contributed by atoms with Gasteiger partial charge in [-0.1, -0.05) is 42.0 Å². The van der Waals surface area contributed by atoms with Gasteiger partial charge in [0.1, 0.15) is 5.82 Å². The van der Waals surface area contributed by atoms with E-state index >= 15 is 0 Å². The number of carbonyl (C=O) groups excluding carboxylic acids is 2. The molecular formula is C21H22FNO3. The summed E-state index contributed by atoms with van der Waals surface area (Å²) in [4.78, 5) is 25.5. The molecule has 136 valence electrons. The third-order valence-electron chi connectivity index (χ3n) is 3.82. The molecule has 0 bridgehead atoms. The van der Waals surface area contributed by atoms with Crippen LogP contribution in [0.15, 0.2) is 54.6 Å². The quantitative estimate of drug-likeness (QED) is 0.561. The van der Waals surface area contributed by atoms with E-state index in [0.717, 1.165) is 11.1 Å². The normalized spacial score (nSPS) is 10.7. The molecule has 4 nitrogen and oxygen atoms in total. The molecule has 1 amide bonds. The number of hydrogen-bond donors (Lipinski definition) is 0. The number of esters is 1. The third kappa shape index (κ3) is 6.16. The molecule has 0 heterocycles. The summed E-state index contributed by atoms with van der Waals surface area (Å²) in [6, 6.07) is 13.7. The summed E-state index contributed by atoms with van der Waals surface area (Å²) in [6.45, 7) is 4.16. The molecule has 2 aromatic rings. The standard InChI is InChI=1S/C21H22FNO3/c1-3-23(14-18-5-4-6-19(22)13-18)20(24)15-26-21(25)12-11-17-9-7-16(2)8-10-17/h4-13H,3,14-15H2,1-2H3/b12-11+. The van der Waals surface area contributed by atoms with Gasteiger partial charge in [-0.15, -0.1) is 0 Å². The SMILES string of the molecule is CCN(Cc1cccc(F)c1)C(=O)COC(=O)/C=C/c1ccc(C)cc1. The first kappa shape index (κ1) is 19.4. The highest BCUT2D eigenvalue weighted by Crippen LogP contribution is 2.08. The van der Waals surface area contributed by atoms with Crippen LogP contribution >= 0.6 is 0 Å². The molecule has 2 rings (SSSR count). The van der Waals surface area contributed by atoms with E-state index < -0.39 is 5.97 Å². The fourth-order valence-corrected chi connectivity index (χ4v) is 2.35. The molecule has 0 aliphatic heterocycles. The van der Waals surface area contributed by atoms with Gasteiger partial charge in [-0.25, -0.2) is 9.18 Å². The van der Waals surface area contributed by atoms with Gasteiger partial charge in [-0.2, -0.15) is 0 Å². The van der Waals surface area contributed by atoms with Crippen LogP contribution < -0.4 is 0 Å². The summed E-state index contributed by atoms with van der Waals surface area (Å²) in [5.41, 5.74) is 2.69. The van der Waals surface area contributed by atoms with Crippen LogP contribution in [0.4, 0.5) is 4.39 Å². The second-order valence-corrected chi connectivity index (χ2v) is 5.89. The number of carbonyl (C=O) groups is 2. The maximum Gasteiger partial charge on any atom is 0.331 e. The van der Waals surface area contributed by atoms with Gasteiger partial charge in [-0.05, 0) is 43.2 Å². The first-order chi connectivity index (χ1) is 12.5. The Hall–Kier alpha value is -2.95. The van der Waals surface area contributed by atoms with Crippen molar-refractivity contribution in [1.29, 1.82) is 0 Å². The highest BCUT2D eigenvalue weighted by Gasteiger charge is 2.14. The maximum atomic E-state index is 13.2. The monoisotopic (exact) mass is 355 g/mol. The molecule has 0 radical (unpaired) electrons. The van der Waals surface area contributed by atoms with Gasteiger partial charge in [0.25, 0.3) is 5.91 Å². The molecule has 26 heavy (non-hydrogen) atoms. The van der Waals surface area contributed by atoms with Gasteiger partial charge in [0.15, 0.2) is 6.61 Å². The zero-order valence-electron chi connectivity index (χ0n) is 14.9. The molecular weight excluding hydrogens is 333 g/mol. The van der Waals surface area contributed by atoms with Crippen molar-refractivity contribution in [2.75, 3.05) is 13.2 Å². The van der Waals surface area contributed by atoms with Crippen molar-refractivity contribution in [1.82, 2.24) is 4.90 Å². The number of amides is 1. The van der Waals surface area contributed by atoms with Gasteiger partial charge in [0, 0.05) is 19.2 Å². The Balaban J connectivity index is 1.85. The molecule has 0 N–H and O–H groups in total. The van der Waals surface area contributed by atoms with E-state index in [4.69, 9.17) is 4.74 Å². The Morgan fingerprint density at radius 2 is 1.88 bits per heavy atom. The number of halogens is 1. The average molecular weight is 355 g/mol. The van der Waals surface area contributed by atoms with E-state index in [1.54, 1.807) is 18.2 Å². The van der Waals surface area contributed by atoms with Gasteiger partial charge in [0.2, 0.25) is 0 Å². The van der Waals surface area contributed by atoms with Crippen molar-refractivity contribution >= 4 is 18.0 Å². The molecule has 0 aliphatic carbocycles. The van der Waals surface area contributed by atoms with Crippen LogP contribution in [0.5, 0.6) is 0 Å². The lowest BCUT2D eigenvalue weighted by Gasteiger charge is -2.20. The number of aryl methyl sites for hydroxylation is 1. The first-order valence-corrected chi connectivity index (χ1v) is 8.41. The zero-order valence-corrected chi connectivity index (χ0v) is 14.9. The molecule has 5 heteroatoms. The minimum atomic E-state index is -0.583. The molecule has 0 aromatic heterocycles. The Bertz CT molecular complexity index is 784. The Morgan fingerprint density at radius 1 is 1.15 bits per heavy atom. The second kappa shape index (κ2) is 9.51. The van der Waals surface area contributed by atoms with Gasteiger partial charge in [0.05, 0.1) is 0 Å². The van der Waals surface area contributed by atoms with E-state index in [1.807, 2.05) is 38.1 Å². The van der Waals surface area contributed by atoms with Crippen molar-refractivity contribution in [3.8, 4) is 0 Å². The highest BCUT2D eigenvalue weighted by atomic mass is 19.1. The van der Waals surface area contributed by atoms with Crippen molar-refractivity contribution in [2.45, 2.75) is 20.4 Å². The lowest BCUT2D eigenvalue weighted by molar-refractivity contribution is -0.148. The summed E-state index contributed by atoms with van der Waals surface area (Å²) >= 11 is 0. The molecule has 0 atom stereocenters. The van der Waals surface area contributed by atoms with Crippen molar-refractivity contribution in [2.24, 2.45) is 0 Å². The Morgan fingerprint density at radius 3 is 2.54 bits per heavy atom. The van der Waals surface area contributed by atoms with Gasteiger partial charge in [-0.3, -0.25) is 4.79 Å². The van der Waals surface area contributed by atoms with Crippen LogP contribution in [-0.2, 0) is 20.9 Å². The van der Waals surface area contributed by atoms with Crippen LogP contribution in [0, 0.1) is 12.7 Å². The molecule has 0 saturated heterocycles. The topological polar surface area (TPSA) is 46.6 Å². The largest absolute Gasteiger partial charge is 0.452 e. The van der Waals surface area contributed by atoms with E-state index in [9.17, 15) is 14.0 Å². The van der Waals surface area contributed by atoms with Gasteiger partial charge >= 0.3 is 5.97 Å². The average Bonchev–Trinajstić information content (AvgIpc) is 2.63. The number of rotatable bonds is 7. The minimum Gasteiger partial charge on any atom is -0.452 e. The van der Waals surface area contributed by atoms with E-state index in [2.05, 4.69) is 0 Å². The van der Waals surface area contributed by atoms with Crippen LogP contribution in [0.3, 0.4) is 0 Å². The van der Waals surface area contributed by atoms with E-state index in [1.165, 1.54) is 23.1 Å². The van der Waals surface area contributed by atoms with Crippen LogP contribution in [0.1, 0.15) is 23.6 Å². The lowest BCUT2D eigenvalue weighted by Crippen LogP contribution is -2.34. The highest BCUT2D eigenvalue weighted by molar-refractivity contribution is 5.89. The molecule has 2 aromatic carbocycles. The first-order valence-electron chi connectivity index (χ1n) is 8.41. The van der Waals surface area contributed by atoms with Crippen molar-refractivity contribution in [3.63, 3.8) is 0 Å². The smallest absolute Gasteiger partial charge is 0.331 e. The fraction of sp³-hybridized carbons (Fsp3) is 0.238. The molecule has 0 unspecified atom stereocenters. The van der Waals surface area contributed by atoms with Crippen molar-refractivity contribution < 1.29 is 18.7 Å². The number of ether oxygens (including phenoxy) is 1. The summed E-state index contributed by atoms with van der Waals surface area (Å²) < 4.78 is 18.2. The zero-order chi connectivity index (χ0) is 18.9. The van der Waals surface area contributed by atoms with Crippen LogP contribution in [-0.4, -0.2) is 29.9 Å². The molecule has 0 fully saturated rings.